The van der Waals surface area contributed by atoms with Crippen LogP contribution in [0.15, 0.2) is 0 Å². The lowest BCUT2D eigenvalue weighted by atomic mass is 10.3. The van der Waals surface area contributed by atoms with Crippen molar-refractivity contribution >= 4 is 17.8 Å². The highest BCUT2D eigenvalue weighted by Crippen LogP contribution is 2.41. The maximum atomic E-state index is 10.6. The van der Waals surface area contributed by atoms with Gasteiger partial charge in [0, 0.05) is 15.5 Å². The van der Waals surface area contributed by atoms with Gasteiger partial charge >= 0.3 is 7.60 Å². The third-order valence-electron chi connectivity index (χ3n) is 1.55. The molecule has 10 heavy (non-hydrogen) atoms. The number of hydrogen-bond acceptors (Lipinski definition) is 1. The molecule has 3 nitrogen and oxygen atoms in total. The molecule has 0 radical (unpaired) electrons. The lowest BCUT2D eigenvalue weighted by molar-refractivity contribution is 0.366. The molecule has 0 amide bonds. The molecule has 0 aromatic heterocycles. The Morgan fingerprint density at radius 1 is 1.60 bits per heavy atom. The van der Waals surface area contributed by atoms with Crippen molar-refractivity contribution in [3.05, 3.63) is 0 Å². The zero-order valence-electron chi connectivity index (χ0n) is 6.45. The first-order valence-corrected chi connectivity index (χ1v) is 6.37. The molecule has 62 valence electrons. The van der Waals surface area contributed by atoms with Gasteiger partial charge < -0.3 is 9.79 Å². The van der Waals surface area contributed by atoms with E-state index in [2.05, 4.69) is 0 Å². The van der Waals surface area contributed by atoms with Crippen molar-refractivity contribution in [2.24, 2.45) is 0 Å². The maximum absolute atomic E-state index is 10.6. The summed E-state index contributed by atoms with van der Waals surface area (Å²) in [5, 5.41) is -0.326. The fourth-order valence-electron chi connectivity index (χ4n) is 0.668. The summed E-state index contributed by atoms with van der Waals surface area (Å²) in [5.74, 6) is 0. The van der Waals surface area contributed by atoms with Gasteiger partial charge in [0.05, 0.1) is 0 Å². The van der Waals surface area contributed by atoms with Crippen LogP contribution in [0.1, 0.15) is 26.2 Å². The van der Waals surface area contributed by atoms with Gasteiger partial charge in [-0.15, -0.1) is 0 Å². The van der Waals surface area contributed by atoms with E-state index in [0.717, 1.165) is 12.8 Å². The highest BCUT2D eigenvalue weighted by atomic mass is 31.2. The second-order valence-corrected chi connectivity index (χ2v) is 7.01. The summed E-state index contributed by atoms with van der Waals surface area (Å²) in [4.78, 5) is 17.3. The molecule has 5 heteroatoms. The van der Waals surface area contributed by atoms with Gasteiger partial charge in [-0.2, -0.15) is 0 Å². The first-order valence-electron chi connectivity index (χ1n) is 3.53. The summed E-state index contributed by atoms with van der Waals surface area (Å²) >= 11 is 0. The van der Waals surface area contributed by atoms with E-state index >= 15 is 0 Å². The van der Waals surface area contributed by atoms with E-state index < -0.39 is 7.60 Å². The van der Waals surface area contributed by atoms with Gasteiger partial charge in [0.2, 0.25) is 0 Å². The topological polar surface area (TPSA) is 57.5 Å². The maximum Gasteiger partial charge on any atom is 0.324 e. The molecule has 0 fully saturated rings. The SMILES string of the molecule is CCCCC([SiH3])P(=O)(O)O. The van der Waals surface area contributed by atoms with E-state index in [9.17, 15) is 4.57 Å². The van der Waals surface area contributed by atoms with Crippen LogP contribution in [0.3, 0.4) is 0 Å². The zero-order chi connectivity index (χ0) is 8.20. The van der Waals surface area contributed by atoms with Gasteiger partial charge in [-0.05, 0) is 6.42 Å². The van der Waals surface area contributed by atoms with Crippen LogP contribution in [-0.4, -0.2) is 25.3 Å². The van der Waals surface area contributed by atoms with Crippen LogP contribution in [-0.2, 0) is 4.57 Å². The Labute approximate surface area is 64.4 Å². The van der Waals surface area contributed by atoms with E-state index in [1.165, 1.54) is 0 Å². The Bertz CT molecular complexity index is 133. The van der Waals surface area contributed by atoms with Crippen molar-refractivity contribution in [2.75, 3.05) is 0 Å². The molecule has 2 N–H and O–H groups in total. The number of unbranched alkanes of at least 4 members (excludes halogenated alkanes) is 1. The fourth-order valence-corrected chi connectivity index (χ4v) is 1.59. The van der Waals surface area contributed by atoms with E-state index in [0.29, 0.717) is 16.7 Å². The first kappa shape index (κ1) is 10.4. The van der Waals surface area contributed by atoms with Crippen LogP contribution >= 0.6 is 7.60 Å². The molecule has 0 rings (SSSR count). The van der Waals surface area contributed by atoms with Gasteiger partial charge in [0.1, 0.15) is 0 Å². The molecule has 0 aromatic carbocycles. The quantitative estimate of drug-likeness (QED) is 0.477. The fraction of sp³-hybridized carbons (Fsp3) is 1.00. The molecule has 0 aromatic rings. The standard InChI is InChI=1S/C5H15O3PSi/c1-2-3-4-5(10)9(6,7)8/h5H,2-4H2,1,10H3,(H2,6,7,8). The molecule has 0 spiro atoms. The highest BCUT2D eigenvalue weighted by molar-refractivity contribution is 7.54. The summed E-state index contributed by atoms with van der Waals surface area (Å²) in [7, 11) is -3.13. The average Bonchev–Trinajstić information content (AvgIpc) is 1.80. The molecule has 0 aliphatic heterocycles. The second kappa shape index (κ2) is 4.29. The minimum Gasteiger partial charge on any atom is -0.324 e. The Morgan fingerprint density at radius 2 is 2.10 bits per heavy atom. The predicted molar refractivity (Wildman–Crippen MR) is 45.3 cm³/mol. The number of hydrogen-bond donors (Lipinski definition) is 2. The van der Waals surface area contributed by atoms with Crippen molar-refractivity contribution in [1.82, 2.24) is 0 Å². The average molecular weight is 182 g/mol. The summed E-state index contributed by atoms with van der Waals surface area (Å²) < 4.78 is 10.6. The van der Waals surface area contributed by atoms with Crippen LogP contribution in [0.25, 0.3) is 0 Å². The Hall–Kier alpha value is 0.367. The molecule has 0 saturated carbocycles. The third-order valence-corrected chi connectivity index (χ3v) is 5.55. The summed E-state index contributed by atoms with van der Waals surface area (Å²) in [6.45, 7) is 2.02. The normalized spacial score (nSPS) is 15.5. The molecular weight excluding hydrogens is 167 g/mol. The van der Waals surface area contributed by atoms with Crippen LogP contribution in [0.5, 0.6) is 0 Å². The zero-order valence-corrected chi connectivity index (χ0v) is 9.34. The highest BCUT2D eigenvalue weighted by Gasteiger charge is 2.22. The smallest absolute Gasteiger partial charge is 0.324 e. The van der Waals surface area contributed by atoms with Gasteiger partial charge in [-0.1, -0.05) is 19.8 Å². The first-order chi connectivity index (χ1) is 4.48. The summed E-state index contributed by atoms with van der Waals surface area (Å²) in [6.07, 6.45) is 2.63. The van der Waals surface area contributed by atoms with Crippen molar-refractivity contribution in [2.45, 2.75) is 31.5 Å². The number of rotatable bonds is 4. The molecule has 0 heterocycles. The van der Waals surface area contributed by atoms with Crippen LogP contribution in [0.2, 0.25) is 0 Å². The Kier molecular flexibility index (Phi) is 4.44. The third kappa shape index (κ3) is 4.23. The minimum atomic E-state index is -3.72. The Morgan fingerprint density at radius 3 is 2.40 bits per heavy atom. The lowest BCUT2D eigenvalue weighted by Gasteiger charge is -2.11. The lowest BCUT2D eigenvalue weighted by Crippen LogP contribution is -2.07. The van der Waals surface area contributed by atoms with Gasteiger partial charge in [0.15, 0.2) is 0 Å². The van der Waals surface area contributed by atoms with Crippen molar-refractivity contribution in [3.8, 4) is 0 Å². The molecular formula is C5H15O3PSi. The van der Waals surface area contributed by atoms with Crippen molar-refractivity contribution < 1.29 is 14.4 Å². The molecule has 0 aliphatic rings. The van der Waals surface area contributed by atoms with Gasteiger partial charge in [-0.3, -0.25) is 4.57 Å². The summed E-state index contributed by atoms with van der Waals surface area (Å²) in [5.41, 5.74) is 0. The van der Waals surface area contributed by atoms with Gasteiger partial charge in [0.25, 0.3) is 0 Å². The van der Waals surface area contributed by atoms with Crippen molar-refractivity contribution in [1.29, 1.82) is 0 Å². The molecule has 1 unspecified atom stereocenters. The van der Waals surface area contributed by atoms with Crippen LogP contribution in [0, 0.1) is 0 Å². The van der Waals surface area contributed by atoms with Crippen LogP contribution in [0.4, 0.5) is 0 Å². The van der Waals surface area contributed by atoms with E-state index in [1.807, 2.05) is 6.92 Å². The largest absolute Gasteiger partial charge is 0.324 e. The second-order valence-electron chi connectivity index (χ2n) is 2.58. The van der Waals surface area contributed by atoms with Crippen LogP contribution < -0.4 is 0 Å². The van der Waals surface area contributed by atoms with E-state index in [-0.39, 0.29) is 5.28 Å². The Balaban J connectivity index is 3.63. The predicted octanol–water partition coefficient (Wildman–Crippen LogP) is 0.0458. The van der Waals surface area contributed by atoms with E-state index in [4.69, 9.17) is 9.79 Å². The molecule has 0 aliphatic carbocycles. The van der Waals surface area contributed by atoms with E-state index in [1.54, 1.807) is 0 Å². The van der Waals surface area contributed by atoms with Gasteiger partial charge in [-0.25, -0.2) is 0 Å². The minimum absolute atomic E-state index is 0.326. The van der Waals surface area contributed by atoms with Crippen molar-refractivity contribution in [3.63, 3.8) is 0 Å². The monoisotopic (exact) mass is 182 g/mol. The molecule has 0 bridgehead atoms. The summed E-state index contributed by atoms with van der Waals surface area (Å²) in [6, 6.07) is 0. The molecule has 1 atom stereocenters. The molecule has 0 saturated heterocycles.